The van der Waals surface area contributed by atoms with Crippen molar-refractivity contribution in [3.63, 3.8) is 0 Å². The van der Waals surface area contributed by atoms with E-state index in [-0.39, 0.29) is 5.91 Å². The lowest BCUT2D eigenvalue weighted by atomic mass is 9.87. The van der Waals surface area contributed by atoms with Crippen molar-refractivity contribution >= 4 is 11.6 Å². The zero-order valence-corrected chi connectivity index (χ0v) is 13.3. The summed E-state index contributed by atoms with van der Waals surface area (Å²) in [5.41, 5.74) is 3.73. The lowest BCUT2D eigenvalue weighted by molar-refractivity contribution is 0.0450. The molecule has 0 saturated heterocycles. The van der Waals surface area contributed by atoms with Gasteiger partial charge >= 0.3 is 0 Å². The van der Waals surface area contributed by atoms with Crippen LogP contribution in [0.3, 0.4) is 0 Å². The van der Waals surface area contributed by atoms with Crippen molar-refractivity contribution < 1.29 is 9.90 Å². The molecule has 3 rings (SSSR count). The van der Waals surface area contributed by atoms with Crippen molar-refractivity contribution in [2.75, 3.05) is 11.4 Å². The van der Waals surface area contributed by atoms with Crippen LogP contribution < -0.4 is 4.90 Å². The van der Waals surface area contributed by atoms with Crippen LogP contribution in [0.15, 0.2) is 42.5 Å². The fourth-order valence-electron chi connectivity index (χ4n) is 2.99. The Balaban J connectivity index is 2.02. The first kappa shape index (κ1) is 14.8. The number of fused-ring (bicyclic) bond motifs is 1. The Hall–Kier alpha value is -2.13. The number of carbonyl (C=O) groups excluding carboxylic acids is 1. The van der Waals surface area contributed by atoms with E-state index in [9.17, 15) is 9.90 Å². The van der Waals surface area contributed by atoms with Crippen LogP contribution in [0.1, 0.15) is 40.4 Å². The molecule has 1 aliphatic rings. The average molecular weight is 295 g/mol. The SMILES string of the molecule is Cc1ccc(C(=O)N2CCC(C)(O)c3ccccc32)cc1C. The molecule has 22 heavy (non-hydrogen) atoms. The van der Waals surface area contributed by atoms with Gasteiger partial charge in [0.2, 0.25) is 0 Å². The van der Waals surface area contributed by atoms with Crippen LogP contribution in [0, 0.1) is 13.8 Å². The van der Waals surface area contributed by atoms with Gasteiger partial charge in [-0.05, 0) is 56.5 Å². The molecule has 2 aromatic carbocycles. The minimum atomic E-state index is -0.878. The number of carbonyl (C=O) groups is 1. The fourth-order valence-corrected chi connectivity index (χ4v) is 2.99. The summed E-state index contributed by atoms with van der Waals surface area (Å²) in [6.45, 7) is 6.39. The third kappa shape index (κ3) is 2.42. The maximum Gasteiger partial charge on any atom is 0.258 e. The Morgan fingerprint density at radius 3 is 2.59 bits per heavy atom. The molecular weight excluding hydrogens is 274 g/mol. The molecule has 1 amide bonds. The molecule has 3 heteroatoms. The summed E-state index contributed by atoms with van der Waals surface area (Å²) >= 11 is 0. The first-order valence-electron chi connectivity index (χ1n) is 7.61. The van der Waals surface area contributed by atoms with Crippen molar-refractivity contribution in [2.45, 2.75) is 32.8 Å². The lowest BCUT2D eigenvalue weighted by Crippen LogP contribution is -2.42. The molecule has 1 aliphatic heterocycles. The van der Waals surface area contributed by atoms with Crippen molar-refractivity contribution in [1.29, 1.82) is 0 Å². The standard InChI is InChI=1S/C19H21NO2/c1-13-8-9-15(12-14(13)2)18(21)20-11-10-19(3,22)16-6-4-5-7-17(16)20/h4-9,12,22H,10-11H2,1-3H3. The van der Waals surface area contributed by atoms with Crippen LogP contribution in [0.25, 0.3) is 0 Å². The first-order chi connectivity index (χ1) is 10.4. The third-order valence-electron chi connectivity index (χ3n) is 4.60. The van der Waals surface area contributed by atoms with Gasteiger partial charge in [-0.3, -0.25) is 4.79 Å². The van der Waals surface area contributed by atoms with Crippen molar-refractivity contribution in [1.82, 2.24) is 0 Å². The Morgan fingerprint density at radius 2 is 1.86 bits per heavy atom. The van der Waals surface area contributed by atoms with Gasteiger partial charge in [-0.15, -0.1) is 0 Å². The number of rotatable bonds is 1. The fraction of sp³-hybridized carbons (Fsp3) is 0.316. The van der Waals surface area contributed by atoms with E-state index in [0.717, 1.165) is 16.8 Å². The van der Waals surface area contributed by atoms with E-state index < -0.39 is 5.60 Å². The second-order valence-electron chi connectivity index (χ2n) is 6.30. The van der Waals surface area contributed by atoms with Crippen molar-refractivity contribution in [3.8, 4) is 0 Å². The summed E-state index contributed by atoms with van der Waals surface area (Å²) in [5.74, 6) is -0.00829. The third-order valence-corrected chi connectivity index (χ3v) is 4.60. The van der Waals surface area contributed by atoms with Crippen LogP contribution in [-0.4, -0.2) is 17.6 Å². The summed E-state index contributed by atoms with van der Waals surface area (Å²) in [4.78, 5) is 14.7. The molecule has 1 heterocycles. The van der Waals surface area contributed by atoms with E-state index in [1.165, 1.54) is 5.56 Å². The molecule has 0 bridgehead atoms. The second kappa shape index (κ2) is 5.25. The first-order valence-corrected chi connectivity index (χ1v) is 7.61. The highest BCUT2D eigenvalue weighted by Crippen LogP contribution is 2.38. The van der Waals surface area contributed by atoms with Crippen molar-refractivity contribution in [2.24, 2.45) is 0 Å². The van der Waals surface area contributed by atoms with Gasteiger partial charge in [0.05, 0.1) is 11.3 Å². The van der Waals surface area contributed by atoms with E-state index in [2.05, 4.69) is 0 Å². The molecule has 2 aromatic rings. The maximum absolute atomic E-state index is 12.9. The van der Waals surface area contributed by atoms with Gasteiger partial charge in [0.15, 0.2) is 0 Å². The summed E-state index contributed by atoms with van der Waals surface area (Å²) in [6, 6.07) is 13.4. The predicted octanol–water partition coefficient (Wildman–Crippen LogP) is 3.56. The number of aryl methyl sites for hydroxylation is 2. The number of anilines is 1. The molecule has 1 unspecified atom stereocenters. The molecule has 1 N–H and O–H groups in total. The molecule has 0 radical (unpaired) electrons. The summed E-state index contributed by atoms with van der Waals surface area (Å²) in [6.07, 6.45) is 0.542. The van der Waals surface area contributed by atoms with Gasteiger partial charge < -0.3 is 10.0 Å². The van der Waals surface area contributed by atoms with Crippen LogP contribution in [-0.2, 0) is 5.60 Å². The van der Waals surface area contributed by atoms with Gasteiger partial charge in [0.1, 0.15) is 0 Å². The molecule has 3 nitrogen and oxygen atoms in total. The number of nitrogens with zero attached hydrogens (tertiary/aromatic N) is 1. The van der Waals surface area contributed by atoms with Crippen LogP contribution in [0.5, 0.6) is 0 Å². The molecule has 1 atom stereocenters. The zero-order chi connectivity index (χ0) is 15.9. The number of benzene rings is 2. The number of aliphatic hydroxyl groups is 1. The highest BCUT2D eigenvalue weighted by Gasteiger charge is 2.35. The van der Waals surface area contributed by atoms with E-state index in [0.29, 0.717) is 18.5 Å². The molecule has 0 aliphatic carbocycles. The molecule has 0 fully saturated rings. The highest BCUT2D eigenvalue weighted by atomic mass is 16.3. The number of hydrogen-bond donors (Lipinski definition) is 1. The molecule has 0 aromatic heterocycles. The van der Waals surface area contributed by atoms with E-state index in [1.807, 2.05) is 63.2 Å². The Kier molecular flexibility index (Phi) is 3.53. The van der Waals surface area contributed by atoms with Gasteiger partial charge in [-0.2, -0.15) is 0 Å². The number of para-hydroxylation sites is 1. The maximum atomic E-state index is 12.9. The smallest absolute Gasteiger partial charge is 0.258 e. The van der Waals surface area contributed by atoms with Gasteiger partial charge in [0, 0.05) is 17.7 Å². The van der Waals surface area contributed by atoms with E-state index in [4.69, 9.17) is 0 Å². The summed E-state index contributed by atoms with van der Waals surface area (Å²) < 4.78 is 0. The quantitative estimate of drug-likeness (QED) is 0.874. The molecule has 114 valence electrons. The largest absolute Gasteiger partial charge is 0.385 e. The van der Waals surface area contributed by atoms with Gasteiger partial charge in [-0.25, -0.2) is 0 Å². The van der Waals surface area contributed by atoms with Crippen molar-refractivity contribution in [3.05, 3.63) is 64.7 Å². The summed E-state index contributed by atoms with van der Waals surface area (Å²) in [7, 11) is 0. The monoisotopic (exact) mass is 295 g/mol. The molecule has 0 spiro atoms. The minimum absolute atomic E-state index is 0.00829. The Labute approximate surface area is 131 Å². The van der Waals surface area contributed by atoms with Crippen LogP contribution >= 0.6 is 0 Å². The van der Waals surface area contributed by atoms with Gasteiger partial charge in [-0.1, -0.05) is 24.3 Å². The van der Waals surface area contributed by atoms with E-state index in [1.54, 1.807) is 4.90 Å². The van der Waals surface area contributed by atoms with Crippen LogP contribution in [0.4, 0.5) is 5.69 Å². The number of amides is 1. The average Bonchev–Trinajstić information content (AvgIpc) is 2.50. The Bertz CT molecular complexity index is 734. The lowest BCUT2D eigenvalue weighted by Gasteiger charge is -2.38. The topological polar surface area (TPSA) is 40.5 Å². The summed E-state index contributed by atoms with van der Waals surface area (Å²) in [5, 5.41) is 10.5. The normalized spacial score (nSPS) is 20.6. The van der Waals surface area contributed by atoms with Gasteiger partial charge in [0.25, 0.3) is 5.91 Å². The molecular formula is C19H21NO2. The number of hydrogen-bond acceptors (Lipinski definition) is 2. The molecule has 0 saturated carbocycles. The zero-order valence-electron chi connectivity index (χ0n) is 13.3. The Morgan fingerprint density at radius 1 is 1.14 bits per heavy atom. The minimum Gasteiger partial charge on any atom is -0.385 e. The predicted molar refractivity (Wildman–Crippen MR) is 88.2 cm³/mol. The second-order valence-corrected chi connectivity index (χ2v) is 6.30. The van der Waals surface area contributed by atoms with Crippen LogP contribution in [0.2, 0.25) is 0 Å². The highest BCUT2D eigenvalue weighted by molar-refractivity contribution is 6.07. The van der Waals surface area contributed by atoms with E-state index >= 15 is 0 Å².